The Balaban J connectivity index is 3.01. The van der Waals surface area contributed by atoms with Crippen molar-refractivity contribution in [3.05, 3.63) is 23.8 Å². The summed E-state index contributed by atoms with van der Waals surface area (Å²) in [5, 5.41) is 8.99. The number of rotatable bonds is 5. The first-order chi connectivity index (χ1) is 7.90. The lowest BCUT2D eigenvalue weighted by molar-refractivity contribution is 0.254. The predicted molar refractivity (Wildman–Crippen MR) is 67.1 cm³/mol. The minimum atomic E-state index is -3.59. The summed E-state index contributed by atoms with van der Waals surface area (Å²) in [7, 11) is -3.59. The molecule has 0 aromatic heterocycles. The van der Waals surface area contributed by atoms with Crippen LogP contribution in [0.1, 0.15) is 18.9 Å². The van der Waals surface area contributed by atoms with E-state index in [2.05, 4.69) is 4.72 Å². The molecule has 4 N–H and O–H groups in total. The van der Waals surface area contributed by atoms with Crippen LogP contribution < -0.4 is 10.5 Å². The molecular formula is C11H18N2O3S. The third kappa shape index (κ3) is 3.42. The normalized spacial score (nSPS) is 13.6. The van der Waals surface area contributed by atoms with Gasteiger partial charge in [0.25, 0.3) is 0 Å². The highest BCUT2D eigenvalue weighted by molar-refractivity contribution is 7.89. The van der Waals surface area contributed by atoms with Crippen molar-refractivity contribution in [1.29, 1.82) is 0 Å². The number of hydrogen-bond donors (Lipinski definition) is 3. The van der Waals surface area contributed by atoms with E-state index in [0.29, 0.717) is 17.7 Å². The molecule has 0 fully saturated rings. The summed E-state index contributed by atoms with van der Waals surface area (Å²) in [6.45, 7) is 3.33. The monoisotopic (exact) mass is 258 g/mol. The van der Waals surface area contributed by atoms with E-state index in [-0.39, 0.29) is 11.5 Å². The second-order valence-electron chi connectivity index (χ2n) is 3.93. The smallest absolute Gasteiger partial charge is 0.240 e. The zero-order valence-electron chi connectivity index (χ0n) is 9.97. The van der Waals surface area contributed by atoms with E-state index in [1.165, 1.54) is 12.1 Å². The summed E-state index contributed by atoms with van der Waals surface area (Å²) < 4.78 is 26.4. The van der Waals surface area contributed by atoms with Crippen LogP contribution in [-0.4, -0.2) is 26.2 Å². The van der Waals surface area contributed by atoms with Gasteiger partial charge >= 0.3 is 0 Å². The van der Waals surface area contributed by atoms with Crippen molar-refractivity contribution in [3.8, 4) is 0 Å². The zero-order chi connectivity index (χ0) is 13.1. The van der Waals surface area contributed by atoms with Gasteiger partial charge in [-0.15, -0.1) is 0 Å². The second-order valence-corrected chi connectivity index (χ2v) is 5.64. The molecule has 0 radical (unpaired) electrons. The molecule has 0 bridgehead atoms. The first-order valence-electron chi connectivity index (χ1n) is 5.40. The molecular weight excluding hydrogens is 240 g/mol. The van der Waals surface area contributed by atoms with Gasteiger partial charge in [0, 0.05) is 11.7 Å². The maximum atomic E-state index is 12.0. The van der Waals surface area contributed by atoms with Gasteiger partial charge in [-0.1, -0.05) is 6.92 Å². The summed E-state index contributed by atoms with van der Waals surface area (Å²) in [5.41, 5.74) is 6.90. The van der Waals surface area contributed by atoms with Gasteiger partial charge in [-0.3, -0.25) is 0 Å². The van der Waals surface area contributed by atoms with Gasteiger partial charge in [0.1, 0.15) is 0 Å². The van der Waals surface area contributed by atoms with Gasteiger partial charge < -0.3 is 10.8 Å². The number of sulfonamides is 1. The minimum Gasteiger partial charge on any atom is -0.399 e. The molecule has 1 aromatic rings. The maximum Gasteiger partial charge on any atom is 0.240 e. The van der Waals surface area contributed by atoms with Crippen molar-refractivity contribution in [1.82, 2.24) is 4.72 Å². The molecule has 1 atom stereocenters. The number of aliphatic hydroxyl groups excluding tert-OH is 1. The lowest BCUT2D eigenvalue weighted by Gasteiger charge is -2.14. The van der Waals surface area contributed by atoms with Crippen molar-refractivity contribution in [2.45, 2.75) is 31.2 Å². The van der Waals surface area contributed by atoms with Crippen LogP contribution in [0.3, 0.4) is 0 Å². The summed E-state index contributed by atoms with van der Waals surface area (Å²) in [5.74, 6) is 0. The number of nitrogens with two attached hydrogens (primary N) is 1. The molecule has 1 aromatic carbocycles. The van der Waals surface area contributed by atoms with Crippen LogP contribution in [-0.2, 0) is 10.0 Å². The van der Waals surface area contributed by atoms with Gasteiger partial charge in [0.05, 0.1) is 11.5 Å². The Morgan fingerprint density at radius 1 is 1.47 bits per heavy atom. The largest absolute Gasteiger partial charge is 0.399 e. The molecule has 17 heavy (non-hydrogen) atoms. The van der Waals surface area contributed by atoms with Crippen LogP contribution in [0, 0.1) is 6.92 Å². The molecule has 0 spiro atoms. The van der Waals surface area contributed by atoms with E-state index in [1.54, 1.807) is 19.9 Å². The van der Waals surface area contributed by atoms with Crippen LogP contribution in [0.2, 0.25) is 0 Å². The van der Waals surface area contributed by atoms with Crippen molar-refractivity contribution >= 4 is 15.7 Å². The van der Waals surface area contributed by atoms with Crippen LogP contribution in [0.5, 0.6) is 0 Å². The Kier molecular flexibility index (Phi) is 4.50. The Hall–Kier alpha value is -1.11. The summed E-state index contributed by atoms with van der Waals surface area (Å²) >= 11 is 0. The second kappa shape index (κ2) is 5.48. The predicted octanol–water partition coefficient (Wildman–Crippen LogP) is 0.626. The number of aliphatic hydroxyl groups is 1. The SMILES string of the molecule is CC[C@@H](CO)NS(=O)(=O)c1ccc(N)c(C)c1. The van der Waals surface area contributed by atoms with Gasteiger partial charge in [0.2, 0.25) is 10.0 Å². The molecule has 0 unspecified atom stereocenters. The topological polar surface area (TPSA) is 92.4 Å². The van der Waals surface area contributed by atoms with E-state index in [1.807, 2.05) is 0 Å². The van der Waals surface area contributed by atoms with Crippen LogP contribution in [0.25, 0.3) is 0 Å². The maximum absolute atomic E-state index is 12.0. The number of anilines is 1. The minimum absolute atomic E-state index is 0.163. The van der Waals surface area contributed by atoms with Crippen molar-refractivity contribution in [2.24, 2.45) is 0 Å². The Morgan fingerprint density at radius 3 is 2.59 bits per heavy atom. The van der Waals surface area contributed by atoms with Crippen molar-refractivity contribution in [3.63, 3.8) is 0 Å². The molecule has 0 aliphatic heterocycles. The number of aryl methyl sites for hydroxylation is 1. The molecule has 0 amide bonds. The van der Waals surface area contributed by atoms with Crippen LogP contribution in [0.4, 0.5) is 5.69 Å². The van der Waals surface area contributed by atoms with Crippen molar-refractivity contribution in [2.75, 3.05) is 12.3 Å². The number of nitrogen functional groups attached to an aromatic ring is 1. The molecule has 5 nitrogen and oxygen atoms in total. The first-order valence-corrected chi connectivity index (χ1v) is 6.88. The third-order valence-corrected chi connectivity index (χ3v) is 4.10. The number of nitrogens with one attached hydrogen (secondary N) is 1. The zero-order valence-corrected chi connectivity index (χ0v) is 10.8. The molecule has 0 heterocycles. The fourth-order valence-corrected chi connectivity index (χ4v) is 2.75. The van der Waals surface area contributed by atoms with Gasteiger partial charge in [0.15, 0.2) is 0 Å². The van der Waals surface area contributed by atoms with Gasteiger partial charge in [-0.25, -0.2) is 13.1 Å². The van der Waals surface area contributed by atoms with Crippen LogP contribution in [0.15, 0.2) is 23.1 Å². The average molecular weight is 258 g/mol. The van der Waals surface area contributed by atoms with Crippen LogP contribution >= 0.6 is 0 Å². The Bertz CT molecular complexity index is 481. The van der Waals surface area contributed by atoms with Crippen molar-refractivity contribution < 1.29 is 13.5 Å². The molecule has 0 aliphatic carbocycles. The quantitative estimate of drug-likeness (QED) is 0.675. The van der Waals surface area contributed by atoms with Gasteiger partial charge in [-0.05, 0) is 37.1 Å². The molecule has 0 saturated carbocycles. The molecule has 1 rings (SSSR count). The highest BCUT2D eigenvalue weighted by Gasteiger charge is 2.18. The summed E-state index contributed by atoms with van der Waals surface area (Å²) in [6, 6.07) is 4.07. The lowest BCUT2D eigenvalue weighted by Crippen LogP contribution is -2.36. The Labute approximate surface area is 102 Å². The lowest BCUT2D eigenvalue weighted by atomic mass is 10.2. The fraction of sp³-hybridized carbons (Fsp3) is 0.455. The highest BCUT2D eigenvalue weighted by atomic mass is 32.2. The number of benzene rings is 1. The molecule has 0 aliphatic rings. The van der Waals surface area contributed by atoms with E-state index >= 15 is 0 Å². The molecule has 0 saturated heterocycles. The van der Waals surface area contributed by atoms with E-state index < -0.39 is 16.1 Å². The van der Waals surface area contributed by atoms with Gasteiger partial charge in [-0.2, -0.15) is 0 Å². The Morgan fingerprint density at radius 2 is 2.12 bits per heavy atom. The average Bonchev–Trinajstić information content (AvgIpc) is 2.29. The summed E-state index contributed by atoms with van der Waals surface area (Å²) in [4.78, 5) is 0.163. The fourth-order valence-electron chi connectivity index (χ4n) is 1.35. The molecule has 96 valence electrons. The summed E-state index contributed by atoms with van der Waals surface area (Å²) in [6.07, 6.45) is 0.531. The number of hydrogen-bond acceptors (Lipinski definition) is 4. The molecule has 6 heteroatoms. The standard InChI is InChI=1S/C11H18N2O3S/c1-3-9(7-14)13-17(15,16)10-4-5-11(12)8(2)6-10/h4-6,9,13-14H,3,7,12H2,1-2H3/t9-/m0/s1. The van der Waals surface area contributed by atoms with E-state index in [4.69, 9.17) is 10.8 Å². The highest BCUT2D eigenvalue weighted by Crippen LogP contribution is 2.17. The van der Waals surface area contributed by atoms with E-state index in [0.717, 1.165) is 0 Å². The third-order valence-electron chi connectivity index (χ3n) is 2.59. The first kappa shape index (κ1) is 14.0. The van der Waals surface area contributed by atoms with E-state index in [9.17, 15) is 8.42 Å².